The Morgan fingerprint density at radius 2 is 1.89 bits per heavy atom. The molecule has 2 aliphatic rings. The molecule has 3 heterocycles. The van der Waals surface area contributed by atoms with Gasteiger partial charge in [0.1, 0.15) is 0 Å². The Bertz CT molecular complexity index is 517. The molecule has 1 aromatic heterocycles. The average Bonchev–Trinajstić information content (AvgIpc) is 2.92. The summed E-state index contributed by atoms with van der Waals surface area (Å²) in [6.45, 7) is 0. The van der Waals surface area contributed by atoms with Gasteiger partial charge in [0.05, 0.1) is 11.0 Å². The van der Waals surface area contributed by atoms with Crippen LogP contribution in [0.3, 0.4) is 0 Å². The number of piperidine rings is 1. The lowest BCUT2D eigenvalue weighted by molar-refractivity contribution is 0.377. The van der Waals surface area contributed by atoms with E-state index in [2.05, 4.69) is 26.7 Å². The van der Waals surface area contributed by atoms with E-state index in [9.17, 15) is 0 Å². The summed E-state index contributed by atoms with van der Waals surface area (Å²) < 4.78 is 0. The molecule has 0 radical (unpaired) electrons. The maximum atomic E-state index is 4.59. The Balaban J connectivity index is 1.54. The van der Waals surface area contributed by atoms with E-state index in [0.29, 0.717) is 18.1 Å². The zero-order valence-corrected chi connectivity index (χ0v) is 10.3. The summed E-state index contributed by atoms with van der Waals surface area (Å²) in [6.07, 6.45) is 5.10. The number of aromatic nitrogens is 2. The molecule has 2 bridgehead atoms. The van der Waals surface area contributed by atoms with E-state index in [0.717, 1.165) is 17.0 Å². The number of H-pyrrole nitrogens is 1. The molecule has 2 atom stereocenters. The molecule has 0 amide bonds. The molecule has 3 N–H and O–H groups in total. The summed E-state index contributed by atoms with van der Waals surface area (Å²) in [5.41, 5.74) is 2.15. The first-order valence-electron chi connectivity index (χ1n) is 6.84. The molecule has 0 saturated carbocycles. The number of hydrogen-bond acceptors (Lipinski definition) is 3. The minimum absolute atomic E-state index is 0.560. The molecule has 2 aliphatic heterocycles. The third-order valence-electron chi connectivity index (χ3n) is 4.20. The summed E-state index contributed by atoms with van der Waals surface area (Å²) in [5, 5.41) is 7.23. The Morgan fingerprint density at radius 3 is 2.67 bits per heavy atom. The Morgan fingerprint density at radius 1 is 1.11 bits per heavy atom. The first-order valence-corrected chi connectivity index (χ1v) is 6.84. The lowest BCUT2D eigenvalue weighted by atomic mass is 10.0. The third kappa shape index (κ3) is 1.77. The second-order valence-electron chi connectivity index (χ2n) is 5.55. The maximum Gasteiger partial charge on any atom is 0.201 e. The zero-order chi connectivity index (χ0) is 11.9. The molecule has 1 aromatic carbocycles. The molecular weight excluding hydrogens is 224 g/mol. The van der Waals surface area contributed by atoms with Crippen molar-refractivity contribution in [1.82, 2.24) is 15.3 Å². The van der Waals surface area contributed by atoms with Crippen molar-refractivity contribution in [3.63, 3.8) is 0 Å². The normalized spacial score (nSPS) is 30.8. The molecule has 4 heteroatoms. The number of para-hydroxylation sites is 2. The van der Waals surface area contributed by atoms with Crippen LogP contribution in [0.4, 0.5) is 5.95 Å². The first-order chi connectivity index (χ1) is 8.87. The van der Waals surface area contributed by atoms with Gasteiger partial charge in [0.25, 0.3) is 0 Å². The van der Waals surface area contributed by atoms with Crippen LogP contribution in [0.15, 0.2) is 24.3 Å². The zero-order valence-electron chi connectivity index (χ0n) is 10.3. The highest BCUT2D eigenvalue weighted by Crippen LogP contribution is 2.28. The molecule has 2 aromatic rings. The number of nitrogens with zero attached hydrogens (tertiary/aromatic N) is 1. The molecule has 18 heavy (non-hydrogen) atoms. The van der Waals surface area contributed by atoms with Crippen molar-refractivity contribution >= 4 is 17.0 Å². The van der Waals surface area contributed by atoms with E-state index in [1.165, 1.54) is 25.7 Å². The van der Waals surface area contributed by atoms with E-state index in [-0.39, 0.29) is 0 Å². The van der Waals surface area contributed by atoms with Gasteiger partial charge in [-0.3, -0.25) is 0 Å². The first kappa shape index (κ1) is 10.4. The number of fused-ring (bicyclic) bond motifs is 3. The van der Waals surface area contributed by atoms with Crippen LogP contribution in [-0.2, 0) is 0 Å². The minimum Gasteiger partial charge on any atom is -0.353 e. The van der Waals surface area contributed by atoms with E-state index in [1.807, 2.05) is 18.2 Å². The number of nitrogens with one attached hydrogen (secondary N) is 3. The van der Waals surface area contributed by atoms with Gasteiger partial charge in [-0.15, -0.1) is 0 Å². The van der Waals surface area contributed by atoms with Gasteiger partial charge in [-0.25, -0.2) is 4.98 Å². The summed E-state index contributed by atoms with van der Waals surface area (Å²) in [5.74, 6) is 0.919. The smallest absolute Gasteiger partial charge is 0.201 e. The van der Waals surface area contributed by atoms with Crippen LogP contribution in [0.25, 0.3) is 11.0 Å². The Kier molecular flexibility index (Phi) is 2.30. The standard InChI is InChI=1S/C14H18N4/c1-2-4-13-12(3-1)17-14(18-13)16-11-7-9-5-6-10(8-11)15-9/h1-4,9-11,15H,5-8H2,(H2,16,17,18). The van der Waals surface area contributed by atoms with Gasteiger partial charge in [0.2, 0.25) is 5.95 Å². The van der Waals surface area contributed by atoms with E-state index >= 15 is 0 Å². The number of benzene rings is 1. The van der Waals surface area contributed by atoms with Gasteiger partial charge >= 0.3 is 0 Å². The molecule has 2 fully saturated rings. The fourth-order valence-corrected chi connectivity index (χ4v) is 3.39. The van der Waals surface area contributed by atoms with E-state index in [4.69, 9.17) is 0 Å². The maximum absolute atomic E-state index is 4.59. The van der Waals surface area contributed by atoms with Gasteiger partial charge in [0.15, 0.2) is 0 Å². The Hall–Kier alpha value is -1.55. The summed E-state index contributed by atoms with van der Waals surface area (Å²) >= 11 is 0. The van der Waals surface area contributed by atoms with Crippen molar-refractivity contribution in [2.24, 2.45) is 0 Å². The monoisotopic (exact) mass is 242 g/mol. The average molecular weight is 242 g/mol. The van der Waals surface area contributed by atoms with Crippen LogP contribution in [0.1, 0.15) is 25.7 Å². The Labute approximate surface area is 106 Å². The third-order valence-corrected chi connectivity index (χ3v) is 4.20. The van der Waals surface area contributed by atoms with Gasteiger partial charge in [-0.2, -0.15) is 0 Å². The summed E-state index contributed by atoms with van der Waals surface area (Å²) in [6, 6.07) is 10.2. The topological polar surface area (TPSA) is 52.7 Å². The van der Waals surface area contributed by atoms with Crippen molar-refractivity contribution in [3.05, 3.63) is 24.3 Å². The highest BCUT2D eigenvalue weighted by molar-refractivity contribution is 5.77. The van der Waals surface area contributed by atoms with Crippen molar-refractivity contribution in [1.29, 1.82) is 0 Å². The second-order valence-corrected chi connectivity index (χ2v) is 5.55. The van der Waals surface area contributed by atoms with E-state index < -0.39 is 0 Å². The predicted molar refractivity (Wildman–Crippen MR) is 72.7 cm³/mol. The van der Waals surface area contributed by atoms with Crippen molar-refractivity contribution in [3.8, 4) is 0 Å². The molecule has 0 aliphatic carbocycles. The molecule has 4 nitrogen and oxygen atoms in total. The highest BCUT2D eigenvalue weighted by Gasteiger charge is 2.33. The largest absolute Gasteiger partial charge is 0.353 e. The highest BCUT2D eigenvalue weighted by atomic mass is 15.2. The SMILES string of the molecule is c1ccc2[nH]c(NC3CC4CCC(C3)N4)nc2c1. The van der Waals surface area contributed by atoms with Gasteiger partial charge in [-0.05, 0) is 37.8 Å². The fourth-order valence-electron chi connectivity index (χ4n) is 3.39. The summed E-state index contributed by atoms with van der Waals surface area (Å²) in [4.78, 5) is 7.94. The second kappa shape index (κ2) is 3.99. The molecule has 2 unspecified atom stereocenters. The lowest BCUT2D eigenvalue weighted by Gasteiger charge is -2.29. The molecule has 94 valence electrons. The quantitative estimate of drug-likeness (QED) is 0.757. The fraction of sp³-hybridized carbons (Fsp3) is 0.500. The van der Waals surface area contributed by atoms with Gasteiger partial charge < -0.3 is 15.6 Å². The number of rotatable bonds is 2. The summed E-state index contributed by atoms with van der Waals surface area (Å²) in [7, 11) is 0. The van der Waals surface area contributed by atoms with Crippen molar-refractivity contribution in [2.75, 3.05) is 5.32 Å². The van der Waals surface area contributed by atoms with Crippen LogP contribution < -0.4 is 10.6 Å². The number of aromatic amines is 1. The molecular formula is C14H18N4. The van der Waals surface area contributed by atoms with Crippen LogP contribution >= 0.6 is 0 Å². The number of anilines is 1. The van der Waals surface area contributed by atoms with E-state index in [1.54, 1.807) is 0 Å². The van der Waals surface area contributed by atoms with Crippen LogP contribution in [0, 0.1) is 0 Å². The number of hydrogen-bond donors (Lipinski definition) is 3. The van der Waals surface area contributed by atoms with Crippen molar-refractivity contribution in [2.45, 2.75) is 43.8 Å². The van der Waals surface area contributed by atoms with Crippen LogP contribution in [0.2, 0.25) is 0 Å². The lowest BCUT2D eigenvalue weighted by Crippen LogP contribution is -2.43. The number of imidazole rings is 1. The minimum atomic E-state index is 0.560. The molecule has 0 spiro atoms. The van der Waals surface area contributed by atoms with Crippen LogP contribution in [0.5, 0.6) is 0 Å². The predicted octanol–water partition coefficient (Wildman–Crippen LogP) is 2.26. The van der Waals surface area contributed by atoms with Gasteiger partial charge in [0, 0.05) is 18.1 Å². The van der Waals surface area contributed by atoms with Gasteiger partial charge in [-0.1, -0.05) is 12.1 Å². The molecule has 2 saturated heterocycles. The molecule has 4 rings (SSSR count). The van der Waals surface area contributed by atoms with Crippen molar-refractivity contribution < 1.29 is 0 Å². The van der Waals surface area contributed by atoms with Crippen LogP contribution in [-0.4, -0.2) is 28.1 Å².